The lowest BCUT2D eigenvalue weighted by molar-refractivity contribution is -0.548. The van der Waals surface area contributed by atoms with Gasteiger partial charge in [0, 0.05) is 40.2 Å². The topological polar surface area (TPSA) is 39.1 Å². The lowest BCUT2D eigenvalue weighted by Crippen LogP contribution is -2.42. The van der Waals surface area contributed by atoms with Gasteiger partial charge in [-0.15, -0.1) is 0 Å². The SMILES string of the molecule is CC(C)(C)c1ccnc(-n2c3ccccc3c3ccc(Oc4cccc(-n5c[n+](C6=C(c7ccccc7)N7C=CC=CB7C=C6c6ccccc6)c6ccccc65)c4)cc32)c1. The molecule has 0 unspecified atom stereocenters. The molecule has 0 aliphatic carbocycles. The van der Waals surface area contributed by atoms with Gasteiger partial charge in [0.25, 0.3) is 6.33 Å². The molecule has 0 bridgehead atoms. The third kappa shape index (κ3) is 6.37. The van der Waals surface area contributed by atoms with Crippen molar-refractivity contribution in [1.29, 1.82) is 0 Å². The minimum atomic E-state index is -0.0101. The Kier molecular flexibility index (Phi) is 8.71. The van der Waals surface area contributed by atoms with E-state index in [4.69, 9.17) is 9.72 Å². The molecule has 0 N–H and O–H groups in total. The van der Waals surface area contributed by atoms with Gasteiger partial charge in [0.2, 0.25) is 0 Å². The molecule has 3 aromatic heterocycles. The van der Waals surface area contributed by atoms with Crippen LogP contribution in [0.15, 0.2) is 207 Å². The van der Waals surface area contributed by atoms with E-state index in [0.29, 0.717) is 0 Å². The molecule has 61 heavy (non-hydrogen) atoms. The van der Waals surface area contributed by atoms with Gasteiger partial charge in [-0.1, -0.05) is 136 Å². The molecule has 2 aliphatic rings. The number of pyridine rings is 1. The summed E-state index contributed by atoms with van der Waals surface area (Å²) in [5.41, 5.74) is 12.3. The summed E-state index contributed by atoms with van der Waals surface area (Å²) in [5, 5.41) is 2.33. The van der Waals surface area contributed by atoms with E-state index in [1.165, 1.54) is 22.1 Å². The van der Waals surface area contributed by atoms with Crippen LogP contribution in [0.4, 0.5) is 0 Å². The highest BCUT2D eigenvalue weighted by Crippen LogP contribution is 2.41. The largest absolute Gasteiger partial charge is 0.457 e. The molecule has 9 aromatic rings. The average Bonchev–Trinajstić information content (AvgIpc) is 3.85. The molecule has 2 aliphatic heterocycles. The molecule has 0 spiro atoms. The molecule has 0 saturated carbocycles. The van der Waals surface area contributed by atoms with E-state index in [1.807, 2.05) is 12.3 Å². The summed E-state index contributed by atoms with van der Waals surface area (Å²) in [6.45, 7) is 6.79. The number of fused-ring (bicyclic) bond motifs is 5. The third-order valence-corrected chi connectivity index (χ3v) is 11.9. The Bertz CT molecular complexity index is 3280. The van der Waals surface area contributed by atoms with E-state index < -0.39 is 0 Å². The Hall–Kier alpha value is -7.64. The van der Waals surface area contributed by atoms with Crippen molar-refractivity contribution < 1.29 is 9.30 Å². The van der Waals surface area contributed by atoms with Crippen LogP contribution in [0, 0.1) is 0 Å². The van der Waals surface area contributed by atoms with Crippen LogP contribution in [-0.2, 0) is 5.41 Å². The van der Waals surface area contributed by atoms with Crippen LogP contribution in [0.3, 0.4) is 0 Å². The summed E-state index contributed by atoms with van der Waals surface area (Å²) >= 11 is 0. The van der Waals surface area contributed by atoms with E-state index in [1.54, 1.807) is 0 Å². The van der Waals surface area contributed by atoms with Crippen molar-refractivity contribution in [2.75, 3.05) is 0 Å². The zero-order chi connectivity index (χ0) is 41.1. The van der Waals surface area contributed by atoms with Crippen molar-refractivity contribution >= 4 is 56.7 Å². The summed E-state index contributed by atoms with van der Waals surface area (Å²) < 4.78 is 13.7. The molecule has 6 nitrogen and oxygen atoms in total. The average molecular weight is 789 g/mol. The van der Waals surface area contributed by atoms with Crippen molar-refractivity contribution in [3.63, 3.8) is 0 Å². The second-order valence-electron chi connectivity index (χ2n) is 16.8. The van der Waals surface area contributed by atoms with E-state index in [2.05, 4.69) is 234 Å². The number of benzene rings is 6. The fourth-order valence-electron chi connectivity index (χ4n) is 8.94. The fraction of sp³-hybridized carbons (Fsp3) is 0.0741. The molecular weight excluding hydrogens is 745 g/mol. The van der Waals surface area contributed by atoms with Gasteiger partial charge in [-0.3, -0.25) is 4.57 Å². The predicted molar refractivity (Wildman–Crippen MR) is 251 cm³/mol. The molecule has 0 fully saturated rings. The van der Waals surface area contributed by atoms with Gasteiger partial charge < -0.3 is 9.55 Å². The number of nitrogens with zero attached hydrogens (tertiary/aromatic N) is 5. The lowest BCUT2D eigenvalue weighted by atomic mass is 9.55. The fourth-order valence-corrected chi connectivity index (χ4v) is 8.94. The summed E-state index contributed by atoms with van der Waals surface area (Å²) in [5.74, 6) is 7.04. The summed E-state index contributed by atoms with van der Waals surface area (Å²) in [7, 11) is 0. The highest BCUT2D eigenvalue weighted by Gasteiger charge is 2.36. The van der Waals surface area contributed by atoms with Crippen molar-refractivity contribution in [3.8, 4) is 23.0 Å². The molecule has 0 atom stereocenters. The van der Waals surface area contributed by atoms with Gasteiger partial charge in [-0.25, -0.2) is 4.98 Å². The third-order valence-electron chi connectivity index (χ3n) is 11.9. The molecule has 6 aromatic carbocycles. The second kappa shape index (κ2) is 14.6. The zero-order valence-corrected chi connectivity index (χ0v) is 34.4. The Morgan fingerprint density at radius 3 is 2.16 bits per heavy atom. The standard InChI is InChI=1S/C54H43BN5O/c1-54(2,3)40-29-31-56-51(33-40)60-47-24-11-10-23-44(47)45-28-27-43(35-50(45)60)61-42-22-16-21-41(34-42)57-37-58(49-26-13-12-25-48(49)57)53-46(38-17-6-4-7-18-38)36-55-30-14-15-32-59(55)52(53)39-19-8-5-9-20-39/h4-37H,1-3H3/q+1. The number of allylic oxidation sites excluding steroid dienone is 4. The Labute approximate surface area is 356 Å². The molecule has 292 valence electrons. The van der Waals surface area contributed by atoms with Gasteiger partial charge in [-0.05, 0) is 83.4 Å². The van der Waals surface area contributed by atoms with E-state index in [0.717, 1.165) is 67.4 Å². The highest BCUT2D eigenvalue weighted by molar-refractivity contribution is 6.71. The number of hydrogen-bond donors (Lipinski definition) is 0. The normalized spacial score (nSPS) is 14.0. The first-order valence-corrected chi connectivity index (χ1v) is 20.9. The summed E-state index contributed by atoms with van der Waals surface area (Å²) in [6.07, 6.45) is 10.6. The molecule has 0 radical (unpaired) electrons. The predicted octanol–water partition coefficient (Wildman–Crippen LogP) is 12.4. The van der Waals surface area contributed by atoms with Crippen LogP contribution in [0.1, 0.15) is 37.5 Å². The minimum Gasteiger partial charge on any atom is -0.457 e. The molecule has 0 amide bonds. The van der Waals surface area contributed by atoms with Crippen molar-refractivity contribution in [3.05, 3.63) is 223 Å². The van der Waals surface area contributed by atoms with E-state index in [-0.39, 0.29) is 12.3 Å². The number of aromatic nitrogens is 4. The van der Waals surface area contributed by atoms with Crippen LogP contribution >= 0.6 is 0 Å². The van der Waals surface area contributed by atoms with E-state index in [9.17, 15) is 0 Å². The smallest absolute Gasteiger partial charge is 0.313 e. The molecule has 7 heteroatoms. The van der Waals surface area contributed by atoms with Gasteiger partial charge in [0.05, 0.1) is 16.7 Å². The number of rotatable bonds is 7. The maximum atomic E-state index is 6.76. The van der Waals surface area contributed by atoms with Gasteiger partial charge >= 0.3 is 6.85 Å². The highest BCUT2D eigenvalue weighted by atomic mass is 16.5. The van der Waals surface area contributed by atoms with Crippen molar-refractivity contribution in [2.45, 2.75) is 26.2 Å². The van der Waals surface area contributed by atoms with Gasteiger partial charge in [0.15, 0.2) is 16.7 Å². The van der Waals surface area contributed by atoms with Crippen LogP contribution < -0.4 is 9.30 Å². The van der Waals surface area contributed by atoms with Crippen molar-refractivity contribution in [2.24, 2.45) is 0 Å². The Balaban J connectivity index is 1.04. The molecular formula is C54H43BN5O+. The lowest BCUT2D eigenvalue weighted by Gasteiger charge is -2.35. The minimum absolute atomic E-state index is 0.0101. The van der Waals surface area contributed by atoms with Gasteiger partial charge in [0.1, 0.15) is 23.0 Å². The van der Waals surface area contributed by atoms with Crippen molar-refractivity contribution in [1.82, 2.24) is 18.9 Å². The molecule has 5 heterocycles. The van der Waals surface area contributed by atoms with Crippen LogP contribution in [0.25, 0.3) is 61.3 Å². The number of para-hydroxylation sites is 3. The summed E-state index contributed by atoms with van der Waals surface area (Å²) in [6, 6.07) is 57.7. The second-order valence-corrected chi connectivity index (χ2v) is 16.8. The Morgan fingerprint density at radius 1 is 0.623 bits per heavy atom. The number of imidazole rings is 1. The number of ether oxygens (including phenoxy) is 1. The first-order chi connectivity index (χ1) is 29.9. The zero-order valence-electron chi connectivity index (χ0n) is 34.4. The quantitative estimate of drug-likeness (QED) is 0.119. The summed E-state index contributed by atoms with van der Waals surface area (Å²) in [4.78, 5) is 7.27. The van der Waals surface area contributed by atoms with Gasteiger partial charge in [-0.2, -0.15) is 9.13 Å². The first kappa shape index (κ1) is 36.4. The maximum Gasteiger partial charge on any atom is 0.313 e. The van der Waals surface area contributed by atoms with E-state index >= 15 is 0 Å². The Morgan fingerprint density at radius 2 is 1.34 bits per heavy atom. The van der Waals surface area contributed by atoms with Crippen LogP contribution in [0.2, 0.25) is 0 Å². The van der Waals surface area contributed by atoms with Crippen LogP contribution in [-0.4, -0.2) is 25.8 Å². The monoisotopic (exact) mass is 788 g/mol. The maximum absolute atomic E-state index is 6.76. The first-order valence-electron chi connectivity index (χ1n) is 20.9. The number of hydrogen-bond acceptors (Lipinski definition) is 3. The van der Waals surface area contributed by atoms with Crippen LogP contribution in [0.5, 0.6) is 11.5 Å². The molecule has 11 rings (SSSR count). The molecule has 0 saturated heterocycles.